The van der Waals surface area contributed by atoms with Crippen molar-refractivity contribution in [1.82, 2.24) is 0 Å². The summed E-state index contributed by atoms with van der Waals surface area (Å²) >= 11 is 0. The zero-order chi connectivity index (χ0) is 17.1. The molecule has 2 aromatic carbocycles. The lowest BCUT2D eigenvalue weighted by atomic mass is 10.2. The number of ether oxygens (including phenoxy) is 3. The van der Waals surface area contributed by atoms with Gasteiger partial charge in [0.2, 0.25) is 5.90 Å². The Bertz CT molecular complexity index is 841. The van der Waals surface area contributed by atoms with E-state index in [2.05, 4.69) is 4.99 Å². The zero-order valence-electron chi connectivity index (χ0n) is 13.1. The number of cyclic esters (lactones) is 1. The van der Waals surface area contributed by atoms with Crippen LogP contribution in [0.3, 0.4) is 0 Å². The fourth-order valence-corrected chi connectivity index (χ4v) is 2.20. The first-order valence-electron chi connectivity index (χ1n) is 7.11. The molecule has 1 aliphatic rings. The lowest BCUT2D eigenvalue weighted by molar-refractivity contribution is -0.129. The lowest BCUT2D eigenvalue weighted by Crippen LogP contribution is -2.05. The molecule has 0 saturated carbocycles. The highest BCUT2D eigenvalue weighted by molar-refractivity contribution is 6.12. The molecule has 5 nitrogen and oxygen atoms in total. The Kier molecular flexibility index (Phi) is 4.29. The molecule has 0 amide bonds. The molecule has 0 spiro atoms. The fraction of sp³-hybridized carbons (Fsp3) is 0.111. The number of hydrogen-bond acceptors (Lipinski definition) is 5. The van der Waals surface area contributed by atoms with Gasteiger partial charge < -0.3 is 14.2 Å². The van der Waals surface area contributed by atoms with E-state index < -0.39 is 11.8 Å². The maximum absolute atomic E-state index is 13.7. The lowest BCUT2D eigenvalue weighted by Gasteiger charge is -2.01. The van der Waals surface area contributed by atoms with Gasteiger partial charge in [-0.1, -0.05) is 6.07 Å². The maximum Gasteiger partial charge on any atom is 0.363 e. The van der Waals surface area contributed by atoms with Gasteiger partial charge >= 0.3 is 5.97 Å². The monoisotopic (exact) mass is 327 g/mol. The number of benzene rings is 2. The molecule has 1 heterocycles. The van der Waals surface area contributed by atoms with Gasteiger partial charge in [0.1, 0.15) is 5.75 Å². The van der Waals surface area contributed by atoms with Crippen molar-refractivity contribution in [2.24, 2.45) is 4.99 Å². The third kappa shape index (κ3) is 3.12. The Morgan fingerprint density at radius 2 is 1.83 bits per heavy atom. The number of hydrogen-bond donors (Lipinski definition) is 0. The zero-order valence-corrected chi connectivity index (χ0v) is 13.1. The van der Waals surface area contributed by atoms with Crippen LogP contribution >= 0.6 is 0 Å². The summed E-state index contributed by atoms with van der Waals surface area (Å²) in [6, 6.07) is 11.3. The molecule has 122 valence electrons. The smallest absolute Gasteiger partial charge is 0.363 e. The first-order chi connectivity index (χ1) is 11.6. The van der Waals surface area contributed by atoms with Crippen LogP contribution in [0, 0.1) is 5.82 Å². The molecule has 0 unspecified atom stereocenters. The van der Waals surface area contributed by atoms with E-state index in [0.717, 1.165) is 0 Å². The summed E-state index contributed by atoms with van der Waals surface area (Å²) in [5.74, 6) is -0.0841. The second kappa shape index (κ2) is 6.54. The fourth-order valence-electron chi connectivity index (χ4n) is 2.20. The van der Waals surface area contributed by atoms with Gasteiger partial charge in [-0.25, -0.2) is 14.2 Å². The van der Waals surface area contributed by atoms with Crippen LogP contribution in [0.2, 0.25) is 0 Å². The standard InChI is InChI=1S/C18H14FNO4/c1-22-13-6-4-12(5-7-13)17-20-15(18(21)24-17)10-11-3-8-16(23-2)14(19)9-11/h3-10H,1-2H3/b15-10-. The summed E-state index contributed by atoms with van der Waals surface area (Å²) in [6.07, 6.45) is 1.46. The quantitative estimate of drug-likeness (QED) is 0.639. The van der Waals surface area contributed by atoms with E-state index in [1.807, 2.05) is 0 Å². The number of carbonyl (C=O) groups excluding carboxylic acids is 1. The van der Waals surface area contributed by atoms with Crippen molar-refractivity contribution in [3.8, 4) is 11.5 Å². The molecule has 24 heavy (non-hydrogen) atoms. The van der Waals surface area contributed by atoms with Crippen LogP contribution in [0.15, 0.2) is 53.2 Å². The van der Waals surface area contributed by atoms with Crippen molar-refractivity contribution in [1.29, 1.82) is 0 Å². The molecule has 3 rings (SSSR count). The number of rotatable bonds is 4. The third-order valence-corrected chi connectivity index (χ3v) is 3.44. The molecule has 2 aromatic rings. The van der Waals surface area contributed by atoms with Crippen LogP contribution in [0.25, 0.3) is 6.08 Å². The normalized spacial score (nSPS) is 15.2. The molecule has 1 aliphatic heterocycles. The molecule has 0 saturated heterocycles. The van der Waals surface area contributed by atoms with Crippen molar-refractivity contribution in [2.45, 2.75) is 0 Å². The topological polar surface area (TPSA) is 57.1 Å². The predicted molar refractivity (Wildman–Crippen MR) is 86.6 cm³/mol. The number of aliphatic imine (C=N–C) groups is 1. The number of methoxy groups -OCH3 is 2. The molecule has 0 N–H and O–H groups in total. The highest BCUT2D eigenvalue weighted by Crippen LogP contribution is 2.23. The highest BCUT2D eigenvalue weighted by Gasteiger charge is 2.24. The minimum absolute atomic E-state index is 0.102. The summed E-state index contributed by atoms with van der Waals surface area (Å²) in [7, 11) is 2.95. The van der Waals surface area contributed by atoms with Gasteiger partial charge in [-0.3, -0.25) is 0 Å². The van der Waals surface area contributed by atoms with Crippen LogP contribution in [0.1, 0.15) is 11.1 Å². The van der Waals surface area contributed by atoms with Gasteiger partial charge in [0.25, 0.3) is 0 Å². The second-order valence-electron chi connectivity index (χ2n) is 4.96. The summed E-state index contributed by atoms with van der Waals surface area (Å²) in [5.41, 5.74) is 1.24. The summed E-state index contributed by atoms with van der Waals surface area (Å²) in [4.78, 5) is 16.1. The van der Waals surface area contributed by atoms with E-state index in [9.17, 15) is 9.18 Å². The van der Waals surface area contributed by atoms with Crippen LogP contribution in [0.4, 0.5) is 4.39 Å². The number of nitrogens with zero attached hydrogens (tertiary/aromatic N) is 1. The van der Waals surface area contributed by atoms with Crippen LogP contribution in [0.5, 0.6) is 11.5 Å². The van der Waals surface area contributed by atoms with Crippen LogP contribution < -0.4 is 9.47 Å². The van der Waals surface area contributed by atoms with E-state index >= 15 is 0 Å². The van der Waals surface area contributed by atoms with Gasteiger partial charge in [0, 0.05) is 5.56 Å². The van der Waals surface area contributed by atoms with Gasteiger partial charge in [-0.05, 0) is 48.0 Å². The van der Waals surface area contributed by atoms with Crippen LogP contribution in [-0.4, -0.2) is 26.1 Å². The Morgan fingerprint density at radius 3 is 2.46 bits per heavy atom. The van der Waals surface area contributed by atoms with E-state index in [0.29, 0.717) is 16.9 Å². The van der Waals surface area contributed by atoms with Crippen LogP contribution in [-0.2, 0) is 9.53 Å². The minimum Gasteiger partial charge on any atom is -0.497 e. The molecular weight excluding hydrogens is 313 g/mol. The average molecular weight is 327 g/mol. The number of esters is 1. The van der Waals surface area contributed by atoms with Gasteiger partial charge in [0.05, 0.1) is 14.2 Å². The molecular formula is C18H14FNO4. The van der Waals surface area contributed by atoms with E-state index in [-0.39, 0.29) is 17.3 Å². The van der Waals surface area contributed by atoms with Crippen molar-refractivity contribution in [2.75, 3.05) is 14.2 Å². The third-order valence-electron chi connectivity index (χ3n) is 3.44. The average Bonchev–Trinajstić information content (AvgIpc) is 2.96. The summed E-state index contributed by atoms with van der Waals surface area (Å²) in [5, 5.41) is 0. The second-order valence-corrected chi connectivity index (χ2v) is 4.96. The molecule has 0 fully saturated rings. The van der Waals surface area contributed by atoms with Crippen molar-refractivity contribution >= 4 is 17.9 Å². The van der Waals surface area contributed by atoms with Gasteiger partial charge in [-0.2, -0.15) is 0 Å². The molecule has 0 aliphatic carbocycles. The van der Waals surface area contributed by atoms with Crippen molar-refractivity contribution < 1.29 is 23.4 Å². The Labute approximate surface area is 138 Å². The van der Waals surface area contributed by atoms with Crippen molar-refractivity contribution in [3.05, 3.63) is 65.1 Å². The first-order valence-corrected chi connectivity index (χ1v) is 7.11. The number of carbonyl (C=O) groups is 1. The molecule has 0 bridgehead atoms. The van der Waals surface area contributed by atoms with E-state index in [1.54, 1.807) is 37.4 Å². The van der Waals surface area contributed by atoms with Crippen molar-refractivity contribution in [3.63, 3.8) is 0 Å². The molecule has 6 heteroatoms. The van der Waals surface area contributed by atoms with E-state index in [1.165, 1.54) is 25.3 Å². The van der Waals surface area contributed by atoms with E-state index in [4.69, 9.17) is 14.2 Å². The summed E-state index contributed by atoms with van der Waals surface area (Å²) in [6.45, 7) is 0. The van der Waals surface area contributed by atoms with Gasteiger partial charge in [-0.15, -0.1) is 0 Å². The largest absolute Gasteiger partial charge is 0.497 e. The van der Waals surface area contributed by atoms with Gasteiger partial charge in [0.15, 0.2) is 17.3 Å². The molecule has 0 radical (unpaired) electrons. The Hall–Kier alpha value is -3.15. The minimum atomic E-state index is -0.586. The maximum atomic E-state index is 13.7. The number of halogens is 1. The Balaban J connectivity index is 1.89. The molecule has 0 aromatic heterocycles. The summed E-state index contributed by atoms with van der Waals surface area (Å²) < 4.78 is 28.8. The Morgan fingerprint density at radius 1 is 1.08 bits per heavy atom. The first kappa shape index (κ1) is 15.7. The predicted octanol–water partition coefficient (Wildman–Crippen LogP) is 3.19. The highest BCUT2D eigenvalue weighted by atomic mass is 19.1. The SMILES string of the molecule is COc1ccc(C2=N/C(=C\c3ccc(OC)c(F)c3)C(=O)O2)cc1. The molecule has 0 atom stereocenters.